The average Bonchev–Trinajstić information content (AvgIpc) is 2.92. The number of carbonyl (C=O) groups is 1. The molecule has 0 unspecified atom stereocenters. The third-order valence-corrected chi connectivity index (χ3v) is 6.01. The highest BCUT2D eigenvalue weighted by Crippen LogP contribution is 2.38. The van der Waals surface area contributed by atoms with Crippen molar-refractivity contribution in [2.24, 2.45) is 0 Å². The van der Waals surface area contributed by atoms with Crippen LogP contribution >= 0.6 is 0 Å². The van der Waals surface area contributed by atoms with Crippen molar-refractivity contribution < 1.29 is 50.3 Å². The van der Waals surface area contributed by atoms with Crippen molar-refractivity contribution in [3.8, 4) is 17.2 Å². The normalized spacial score (nSPS) is 11.9. The van der Waals surface area contributed by atoms with E-state index in [0.29, 0.717) is 5.56 Å². The summed E-state index contributed by atoms with van der Waals surface area (Å²) in [5, 5.41) is 13.6. The summed E-state index contributed by atoms with van der Waals surface area (Å²) in [5.41, 5.74) is -1.64. The van der Waals surface area contributed by atoms with Gasteiger partial charge < -0.3 is 19.5 Å². The van der Waals surface area contributed by atoms with Gasteiger partial charge in [0.2, 0.25) is 0 Å². The van der Waals surface area contributed by atoms with Gasteiger partial charge in [-0.05, 0) is 53.1 Å². The number of hydrogen-bond acceptors (Lipinski definition) is 6. The minimum Gasteiger partial charge on any atom is -0.410 e. The molecule has 43 heavy (non-hydrogen) atoms. The number of ether oxygens (including phenoxy) is 3. The monoisotopic (exact) mass is 606 g/mol. The Kier molecular flexibility index (Phi) is 8.78. The van der Waals surface area contributed by atoms with Gasteiger partial charge in [-0.25, -0.2) is 4.79 Å². The third kappa shape index (κ3) is 8.38. The number of rotatable bonds is 9. The number of benzene rings is 4. The number of nitro benzene ring substituents is 1. The van der Waals surface area contributed by atoms with Crippen molar-refractivity contribution in [2.45, 2.75) is 24.7 Å². The summed E-state index contributed by atoms with van der Waals surface area (Å²) in [6, 6.07) is 21.9. The highest BCUT2D eigenvalue weighted by atomic mass is 19.4. The summed E-state index contributed by atoms with van der Waals surface area (Å²) in [4.78, 5) is 23.6. The molecule has 8 nitrogen and oxygen atoms in total. The fourth-order valence-corrected chi connectivity index (χ4v) is 4.32. The van der Waals surface area contributed by atoms with Gasteiger partial charge in [0, 0.05) is 18.6 Å². The molecule has 0 fully saturated rings. The van der Waals surface area contributed by atoms with Gasteiger partial charge in [0.05, 0.1) is 10.5 Å². The molecule has 0 saturated carbocycles. The number of nitrogens with one attached hydrogen (secondary N) is 1. The molecular weight excluding hydrogens is 586 g/mol. The topological polar surface area (TPSA) is 99.9 Å². The van der Waals surface area contributed by atoms with E-state index in [4.69, 9.17) is 4.74 Å². The van der Waals surface area contributed by atoms with Gasteiger partial charge in [-0.15, -0.1) is 26.3 Å². The Morgan fingerprint density at radius 3 is 1.67 bits per heavy atom. The largest absolute Gasteiger partial charge is 0.573 e. The van der Waals surface area contributed by atoms with Crippen LogP contribution in [0.15, 0.2) is 103 Å². The van der Waals surface area contributed by atoms with Crippen LogP contribution in [0.5, 0.6) is 17.2 Å². The second kappa shape index (κ2) is 12.3. The lowest BCUT2D eigenvalue weighted by molar-refractivity contribution is -0.384. The van der Waals surface area contributed by atoms with E-state index in [2.05, 4.69) is 14.8 Å². The van der Waals surface area contributed by atoms with Crippen molar-refractivity contribution in [1.82, 2.24) is 5.32 Å². The lowest BCUT2D eigenvalue weighted by Crippen LogP contribution is -2.49. The molecule has 0 radical (unpaired) electrons. The average molecular weight is 606 g/mol. The van der Waals surface area contributed by atoms with Gasteiger partial charge in [-0.2, -0.15) is 0 Å². The Hall–Kier alpha value is -5.27. The maximum atomic E-state index is 13.3. The number of nitro groups is 1. The molecule has 0 aromatic heterocycles. The second-order valence-electron chi connectivity index (χ2n) is 8.98. The Labute approximate surface area is 239 Å². The number of nitrogens with zero attached hydrogens (tertiary/aromatic N) is 1. The first kappa shape index (κ1) is 30.7. The molecule has 1 amide bonds. The van der Waals surface area contributed by atoms with Crippen LogP contribution in [0.2, 0.25) is 0 Å². The van der Waals surface area contributed by atoms with Crippen LogP contribution in [0.25, 0.3) is 0 Å². The van der Waals surface area contributed by atoms with Crippen LogP contribution in [0.3, 0.4) is 0 Å². The molecule has 0 saturated heterocycles. The van der Waals surface area contributed by atoms with Crippen molar-refractivity contribution in [1.29, 1.82) is 0 Å². The van der Waals surface area contributed by atoms with E-state index < -0.39 is 40.8 Å². The molecule has 14 heteroatoms. The van der Waals surface area contributed by atoms with Crippen molar-refractivity contribution in [3.63, 3.8) is 0 Å². The Bertz CT molecular complexity index is 1520. The summed E-state index contributed by atoms with van der Waals surface area (Å²) >= 11 is 0. The molecule has 0 aliphatic rings. The number of hydrogen-bond donors (Lipinski definition) is 1. The molecule has 0 aliphatic heterocycles. The minimum absolute atomic E-state index is 0.0112. The van der Waals surface area contributed by atoms with Crippen molar-refractivity contribution in [2.75, 3.05) is 0 Å². The lowest BCUT2D eigenvalue weighted by atomic mass is 9.78. The minimum atomic E-state index is -5.07. The zero-order chi connectivity index (χ0) is 31.3. The fourth-order valence-electron chi connectivity index (χ4n) is 4.32. The molecule has 0 aliphatic carbocycles. The van der Waals surface area contributed by atoms with E-state index in [0.717, 1.165) is 48.5 Å². The lowest BCUT2D eigenvalue weighted by Gasteiger charge is -2.36. The molecular formula is C29H20F6N2O6. The van der Waals surface area contributed by atoms with Crippen LogP contribution < -0.4 is 19.5 Å². The van der Waals surface area contributed by atoms with Crippen LogP contribution in [-0.4, -0.2) is 23.7 Å². The predicted molar refractivity (Wildman–Crippen MR) is 139 cm³/mol. The van der Waals surface area contributed by atoms with E-state index in [1.807, 2.05) is 0 Å². The first-order valence-electron chi connectivity index (χ1n) is 12.2. The molecule has 0 atom stereocenters. The molecule has 4 aromatic carbocycles. The Balaban J connectivity index is 1.86. The fraction of sp³-hybridized carbons (Fsp3) is 0.138. The number of alkyl halides is 6. The summed E-state index contributed by atoms with van der Waals surface area (Å²) in [6.45, 7) is 0. The van der Waals surface area contributed by atoms with Gasteiger partial charge in [0.15, 0.2) is 0 Å². The van der Waals surface area contributed by atoms with Gasteiger partial charge >= 0.3 is 18.8 Å². The second-order valence-corrected chi connectivity index (χ2v) is 8.98. The van der Waals surface area contributed by atoms with E-state index >= 15 is 0 Å². The van der Waals surface area contributed by atoms with Crippen LogP contribution in [-0.2, 0) is 12.0 Å². The van der Waals surface area contributed by atoms with Gasteiger partial charge in [0.25, 0.3) is 5.69 Å². The van der Waals surface area contributed by atoms with Crippen molar-refractivity contribution in [3.05, 3.63) is 130 Å². The maximum Gasteiger partial charge on any atom is 0.573 e. The smallest absolute Gasteiger partial charge is 0.410 e. The number of non-ortho nitro benzene ring substituents is 1. The first-order valence-corrected chi connectivity index (χ1v) is 12.2. The summed E-state index contributed by atoms with van der Waals surface area (Å²) in [5.74, 6) is -1.44. The van der Waals surface area contributed by atoms with E-state index in [1.54, 1.807) is 30.3 Å². The standard InChI is InChI=1S/C29H20F6N2O6/c30-28(31,32)42-24-10-4-8-20(16-24)27(18-19-6-2-1-3-7-19,21-9-5-11-25(17-21)43-29(33,34)35)36-26(38)41-23-14-12-22(13-15-23)37(39)40/h1-17H,18H2,(H,36,38). The van der Waals surface area contributed by atoms with Gasteiger partial charge in [-0.1, -0.05) is 54.6 Å². The molecule has 224 valence electrons. The zero-order valence-corrected chi connectivity index (χ0v) is 21.7. The quantitative estimate of drug-likeness (QED) is 0.119. The van der Waals surface area contributed by atoms with Gasteiger partial charge in [-0.3, -0.25) is 10.1 Å². The van der Waals surface area contributed by atoms with E-state index in [9.17, 15) is 41.3 Å². The Morgan fingerprint density at radius 2 is 1.21 bits per heavy atom. The molecule has 4 rings (SSSR count). The summed E-state index contributed by atoms with van der Waals surface area (Å²) in [7, 11) is 0. The highest BCUT2D eigenvalue weighted by molar-refractivity contribution is 5.73. The summed E-state index contributed by atoms with van der Waals surface area (Å²) < 4.78 is 92.1. The number of carbonyl (C=O) groups excluding carboxylic acids is 1. The first-order chi connectivity index (χ1) is 20.2. The van der Waals surface area contributed by atoms with Crippen LogP contribution in [0.1, 0.15) is 16.7 Å². The maximum absolute atomic E-state index is 13.3. The number of halogens is 6. The summed E-state index contributed by atoms with van der Waals surface area (Å²) in [6.07, 6.45) is -11.5. The van der Waals surface area contributed by atoms with Crippen LogP contribution in [0.4, 0.5) is 36.8 Å². The highest BCUT2D eigenvalue weighted by Gasteiger charge is 2.40. The van der Waals surface area contributed by atoms with E-state index in [-0.39, 0.29) is 29.0 Å². The van der Waals surface area contributed by atoms with Crippen LogP contribution in [0, 0.1) is 10.1 Å². The van der Waals surface area contributed by atoms with E-state index in [1.165, 1.54) is 24.3 Å². The zero-order valence-electron chi connectivity index (χ0n) is 21.7. The molecule has 4 aromatic rings. The Morgan fingerprint density at radius 1 is 0.698 bits per heavy atom. The third-order valence-electron chi connectivity index (χ3n) is 6.01. The van der Waals surface area contributed by atoms with Crippen molar-refractivity contribution >= 4 is 11.8 Å². The molecule has 0 spiro atoms. The van der Waals surface area contributed by atoms with Gasteiger partial charge in [0.1, 0.15) is 17.2 Å². The SMILES string of the molecule is O=C(NC(Cc1ccccc1)(c1cccc(OC(F)(F)F)c1)c1cccc(OC(F)(F)F)c1)Oc1ccc([N+](=O)[O-])cc1. The predicted octanol–water partition coefficient (Wildman–Crippen LogP) is 7.67. The number of amides is 1. The molecule has 0 bridgehead atoms. The molecule has 0 heterocycles. The molecule has 1 N–H and O–H groups in total.